The quantitative estimate of drug-likeness (QED) is 0.654. The van der Waals surface area contributed by atoms with Gasteiger partial charge in [-0.25, -0.2) is 0 Å². The van der Waals surface area contributed by atoms with Crippen LogP contribution in [0.4, 0.5) is 0 Å². The van der Waals surface area contributed by atoms with E-state index >= 15 is 0 Å². The van der Waals surface area contributed by atoms with Crippen molar-refractivity contribution in [3.05, 3.63) is 23.4 Å². The van der Waals surface area contributed by atoms with Gasteiger partial charge in [0, 0.05) is 13.7 Å². The highest BCUT2D eigenvalue weighted by atomic mass is 32.1. The number of methoxy groups -OCH3 is 1. The molecule has 8 heteroatoms. The van der Waals surface area contributed by atoms with E-state index in [9.17, 15) is 4.79 Å². The Balaban J connectivity index is 1.94. The maximum Gasteiger partial charge on any atom is 0.275 e. The van der Waals surface area contributed by atoms with Crippen molar-refractivity contribution >= 4 is 17.2 Å². The Morgan fingerprint density at radius 3 is 2.96 bits per heavy atom. The highest BCUT2D eigenvalue weighted by molar-refractivity contribution is 7.13. The number of aromatic nitrogens is 2. The second kappa shape index (κ2) is 9.51. The van der Waals surface area contributed by atoms with E-state index < -0.39 is 0 Å². The molecule has 24 heavy (non-hydrogen) atoms. The molecule has 132 valence electrons. The minimum atomic E-state index is 0.0211. The first-order valence-corrected chi connectivity index (χ1v) is 8.92. The van der Waals surface area contributed by atoms with Crippen molar-refractivity contribution in [2.45, 2.75) is 20.4 Å². The number of thiophene rings is 1. The monoisotopic (exact) mass is 353 g/mol. The molecule has 0 saturated heterocycles. The van der Waals surface area contributed by atoms with Crippen LogP contribution >= 0.6 is 11.3 Å². The van der Waals surface area contributed by atoms with Gasteiger partial charge in [-0.1, -0.05) is 19.9 Å². The van der Waals surface area contributed by atoms with Crippen molar-refractivity contribution in [3.63, 3.8) is 0 Å². The SMILES string of the molecule is COCC[NH+](CC(=O)NCC(C)C)Cc1nnc(-c2cccs2)o1. The summed E-state index contributed by atoms with van der Waals surface area (Å²) in [6.07, 6.45) is 0. The summed E-state index contributed by atoms with van der Waals surface area (Å²) in [6, 6.07) is 3.88. The van der Waals surface area contributed by atoms with Gasteiger partial charge in [-0.2, -0.15) is 0 Å². The fraction of sp³-hybridized carbons (Fsp3) is 0.562. The zero-order valence-electron chi connectivity index (χ0n) is 14.4. The van der Waals surface area contributed by atoms with Gasteiger partial charge in [0.05, 0.1) is 11.5 Å². The molecular weight excluding hydrogens is 328 g/mol. The molecule has 2 N–H and O–H groups in total. The molecule has 0 spiro atoms. The average molecular weight is 353 g/mol. The Morgan fingerprint density at radius 2 is 2.29 bits per heavy atom. The lowest BCUT2D eigenvalue weighted by Gasteiger charge is -2.17. The molecule has 1 amide bonds. The van der Waals surface area contributed by atoms with Gasteiger partial charge in [-0.15, -0.1) is 21.5 Å². The summed E-state index contributed by atoms with van der Waals surface area (Å²) >= 11 is 1.55. The van der Waals surface area contributed by atoms with Gasteiger partial charge in [0.15, 0.2) is 13.1 Å². The molecule has 2 aromatic heterocycles. The number of nitrogens with one attached hydrogen (secondary N) is 2. The Hall–Kier alpha value is -1.77. The lowest BCUT2D eigenvalue weighted by atomic mass is 10.2. The minimum Gasteiger partial charge on any atom is -0.414 e. The van der Waals surface area contributed by atoms with Crippen LogP contribution in [0.2, 0.25) is 0 Å². The van der Waals surface area contributed by atoms with Crippen molar-refractivity contribution in [1.82, 2.24) is 15.5 Å². The molecule has 1 atom stereocenters. The van der Waals surface area contributed by atoms with Crippen LogP contribution in [0, 0.1) is 5.92 Å². The van der Waals surface area contributed by atoms with Crippen LogP contribution < -0.4 is 10.2 Å². The summed E-state index contributed by atoms with van der Waals surface area (Å²) in [4.78, 5) is 14.0. The lowest BCUT2D eigenvalue weighted by Crippen LogP contribution is -3.12. The van der Waals surface area contributed by atoms with Gasteiger partial charge in [0.25, 0.3) is 17.7 Å². The minimum absolute atomic E-state index is 0.0211. The summed E-state index contributed by atoms with van der Waals surface area (Å²) in [5, 5.41) is 13.1. The van der Waals surface area contributed by atoms with Crippen molar-refractivity contribution in [3.8, 4) is 10.8 Å². The molecule has 0 aliphatic heterocycles. The zero-order chi connectivity index (χ0) is 17.4. The van der Waals surface area contributed by atoms with Gasteiger partial charge in [0.2, 0.25) is 0 Å². The van der Waals surface area contributed by atoms with E-state index in [4.69, 9.17) is 9.15 Å². The summed E-state index contributed by atoms with van der Waals surface area (Å²) in [6.45, 7) is 6.94. The molecule has 2 aromatic rings. The smallest absolute Gasteiger partial charge is 0.275 e. The number of amides is 1. The van der Waals surface area contributed by atoms with Crippen LogP contribution in [-0.2, 0) is 16.1 Å². The van der Waals surface area contributed by atoms with Gasteiger partial charge >= 0.3 is 0 Å². The maximum absolute atomic E-state index is 12.1. The number of hydrogen-bond acceptors (Lipinski definition) is 6. The largest absolute Gasteiger partial charge is 0.414 e. The number of hydrogen-bond donors (Lipinski definition) is 2. The van der Waals surface area contributed by atoms with Crippen LogP contribution in [0.25, 0.3) is 10.8 Å². The average Bonchev–Trinajstić information content (AvgIpc) is 3.21. The maximum atomic E-state index is 12.1. The van der Waals surface area contributed by atoms with E-state index in [0.717, 1.165) is 9.78 Å². The number of rotatable bonds is 10. The van der Waals surface area contributed by atoms with Crippen LogP contribution in [0.5, 0.6) is 0 Å². The van der Waals surface area contributed by atoms with Crippen LogP contribution in [0.3, 0.4) is 0 Å². The molecule has 0 radical (unpaired) electrons. The third-order valence-corrected chi connectivity index (χ3v) is 4.24. The summed E-state index contributed by atoms with van der Waals surface area (Å²) in [7, 11) is 1.65. The summed E-state index contributed by atoms with van der Waals surface area (Å²) < 4.78 is 10.8. The van der Waals surface area contributed by atoms with Gasteiger partial charge in [-0.3, -0.25) is 4.79 Å². The second-order valence-corrected chi connectivity index (χ2v) is 6.97. The predicted molar refractivity (Wildman–Crippen MR) is 91.7 cm³/mol. The van der Waals surface area contributed by atoms with E-state index in [1.165, 1.54) is 0 Å². The second-order valence-electron chi connectivity index (χ2n) is 6.02. The van der Waals surface area contributed by atoms with Crippen molar-refractivity contribution < 1.29 is 18.8 Å². The molecule has 0 aliphatic rings. The van der Waals surface area contributed by atoms with Crippen molar-refractivity contribution in [2.24, 2.45) is 5.92 Å². The fourth-order valence-corrected chi connectivity index (χ4v) is 2.78. The lowest BCUT2D eigenvalue weighted by molar-refractivity contribution is -0.907. The Labute approximate surface area is 146 Å². The van der Waals surface area contributed by atoms with E-state index in [1.54, 1.807) is 18.4 Å². The third kappa shape index (κ3) is 6.03. The Kier molecular flexibility index (Phi) is 7.36. The third-order valence-electron chi connectivity index (χ3n) is 3.38. The molecule has 2 heterocycles. The highest BCUT2D eigenvalue weighted by Gasteiger charge is 2.19. The fourth-order valence-electron chi connectivity index (χ4n) is 2.13. The molecule has 0 aliphatic carbocycles. The molecule has 1 unspecified atom stereocenters. The first-order valence-electron chi connectivity index (χ1n) is 8.04. The van der Waals surface area contributed by atoms with Crippen molar-refractivity contribution in [1.29, 1.82) is 0 Å². The number of ether oxygens (including phenoxy) is 1. The van der Waals surface area contributed by atoms with Crippen LogP contribution in [-0.4, -0.2) is 49.5 Å². The van der Waals surface area contributed by atoms with Gasteiger partial charge in [-0.05, 0) is 17.4 Å². The Bertz CT molecular complexity index is 613. The molecule has 0 fully saturated rings. The summed E-state index contributed by atoms with van der Waals surface area (Å²) in [5.41, 5.74) is 0. The van der Waals surface area contributed by atoms with Crippen LogP contribution in [0.1, 0.15) is 19.7 Å². The number of quaternary nitrogens is 1. The first-order chi connectivity index (χ1) is 11.6. The van der Waals surface area contributed by atoms with E-state index in [1.807, 2.05) is 17.5 Å². The molecule has 0 bridgehead atoms. The Morgan fingerprint density at radius 1 is 1.46 bits per heavy atom. The van der Waals surface area contributed by atoms with Crippen LogP contribution in [0.15, 0.2) is 21.9 Å². The normalized spacial score (nSPS) is 12.5. The summed E-state index contributed by atoms with van der Waals surface area (Å²) in [5.74, 6) is 1.50. The molecule has 0 saturated carbocycles. The molecule has 0 aromatic carbocycles. The van der Waals surface area contributed by atoms with Crippen molar-refractivity contribution in [2.75, 3.05) is 33.4 Å². The standard InChI is InChI=1S/C16H24N4O3S/c1-12(2)9-17-14(21)10-20(6-7-22-3)11-15-18-19-16(23-15)13-5-4-8-24-13/h4-5,8,12H,6-7,9-11H2,1-3H3,(H,17,21)/p+1. The topological polar surface area (TPSA) is 81.7 Å². The van der Waals surface area contributed by atoms with Gasteiger partial charge < -0.3 is 19.4 Å². The predicted octanol–water partition coefficient (Wildman–Crippen LogP) is 0.602. The zero-order valence-corrected chi connectivity index (χ0v) is 15.2. The molecular formula is C16H25N4O3S+. The number of carbonyl (C=O) groups is 1. The number of nitrogens with zero attached hydrogens (tertiary/aromatic N) is 2. The highest BCUT2D eigenvalue weighted by Crippen LogP contribution is 2.22. The van der Waals surface area contributed by atoms with E-state index in [2.05, 4.69) is 29.4 Å². The molecule has 7 nitrogen and oxygen atoms in total. The van der Waals surface area contributed by atoms with Gasteiger partial charge in [0.1, 0.15) is 6.54 Å². The van der Waals surface area contributed by atoms with E-state index in [0.29, 0.717) is 50.5 Å². The number of carbonyl (C=O) groups excluding carboxylic acids is 1. The molecule has 2 rings (SSSR count). The van der Waals surface area contributed by atoms with E-state index in [-0.39, 0.29) is 5.91 Å². The first kappa shape index (κ1) is 18.6.